The molecule has 1 saturated heterocycles. The number of hydrogen-bond acceptors (Lipinski definition) is 9. The molecular weight excluding hydrogens is 406 g/mol. The smallest absolute Gasteiger partial charge is 0.158 e. The number of hydrogen-bond donors (Lipinski definition) is 3. The molecule has 1 unspecified atom stereocenters. The summed E-state index contributed by atoms with van der Waals surface area (Å²) >= 11 is 0. The Bertz CT molecular complexity index is 1060. The molecule has 0 saturated carbocycles. The van der Waals surface area contributed by atoms with Gasteiger partial charge in [-0.3, -0.25) is 0 Å². The summed E-state index contributed by atoms with van der Waals surface area (Å²) < 4.78 is 11.0. The summed E-state index contributed by atoms with van der Waals surface area (Å²) in [7, 11) is 1.69. The lowest BCUT2D eigenvalue weighted by atomic mass is 10.0. The van der Waals surface area contributed by atoms with E-state index in [1.54, 1.807) is 7.11 Å². The number of aromatic nitrogens is 3. The Morgan fingerprint density at radius 1 is 1.16 bits per heavy atom. The van der Waals surface area contributed by atoms with Crippen LogP contribution in [0.25, 0.3) is 11.1 Å². The van der Waals surface area contributed by atoms with Crippen molar-refractivity contribution in [3.8, 4) is 17.2 Å². The molecule has 9 nitrogen and oxygen atoms in total. The summed E-state index contributed by atoms with van der Waals surface area (Å²) in [5, 5.41) is 18.9. The molecule has 4 rings (SSSR count). The second-order valence-electron chi connectivity index (χ2n) is 7.35. The van der Waals surface area contributed by atoms with Crippen molar-refractivity contribution in [3.63, 3.8) is 0 Å². The Morgan fingerprint density at radius 2 is 2.00 bits per heavy atom. The summed E-state index contributed by atoms with van der Waals surface area (Å²) in [6.07, 6.45) is 4.85. The van der Waals surface area contributed by atoms with E-state index in [0.717, 1.165) is 35.5 Å². The summed E-state index contributed by atoms with van der Waals surface area (Å²) in [6.45, 7) is 3.64. The fourth-order valence-electron chi connectivity index (χ4n) is 3.40. The van der Waals surface area contributed by atoms with Crippen LogP contribution in [0.3, 0.4) is 0 Å². The number of nitriles is 1. The number of methoxy groups -OCH3 is 1. The minimum Gasteiger partial charge on any atom is -0.382 e. The highest BCUT2D eigenvalue weighted by Crippen LogP contribution is 2.30. The second kappa shape index (κ2) is 10.6. The van der Waals surface area contributed by atoms with Crippen LogP contribution in [-0.2, 0) is 16.1 Å². The van der Waals surface area contributed by atoms with Crippen molar-refractivity contribution in [2.45, 2.75) is 12.7 Å². The Labute approximate surface area is 186 Å². The highest BCUT2D eigenvalue weighted by Gasteiger charge is 2.15. The van der Waals surface area contributed by atoms with E-state index < -0.39 is 0 Å². The molecule has 32 heavy (non-hydrogen) atoms. The van der Waals surface area contributed by atoms with Crippen LogP contribution in [0.4, 0.5) is 17.3 Å². The van der Waals surface area contributed by atoms with Gasteiger partial charge in [-0.1, -0.05) is 24.3 Å². The molecule has 0 aliphatic carbocycles. The molecule has 1 fully saturated rings. The van der Waals surface area contributed by atoms with E-state index in [9.17, 15) is 0 Å². The lowest BCUT2D eigenvalue weighted by Gasteiger charge is -2.25. The van der Waals surface area contributed by atoms with Gasteiger partial charge < -0.3 is 25.4 Å². The van der Waals surface area contributed by atoms with Crippen molar-refractivity contribution < 1.29 is 9.47 Å². The van der Waals surface area contributed by atoms with E-state index in [1.165, 1.54) is 12.4 Å². The zero-order chi connectivity index (χ0) is 22.2. The number of nitrogens with one attached hydrogen (secondary N) is 3. The number of pyridine rings is 1. The lowest BCUT2D eigenvalue weighted by molar-refractivity contribution is 0.0372. The first-order valence-electron chi connectivity index (χ1n) is 10.4. The normalized spacial score (nSPS) is 15.7. The second-order valence-corrected chi connectivity index (χ2v) is 7.35. The fraction of sp³-hybridized carbons (Fsp3) is 0.304. The van der Waals surface area contributed by atoms with Crippen LogP contribution in [0.1, 0.15) is 11.3 Å². The first-order chi connectivity index (χ1) is 15.7. The average molecular weight is 432 g/mol. The molecule has 1 aliphatic heterocycles. The van der Waals surface area contributed by atoms with E-state index in [1.807, 2.05) is 18.3 Å². The third-order valence-corrected chi connectivity index (χ3v) is 5.03. The Hall–Kier alpha value is -3.58. The highest BCUT2D eigenvalue weighted by molar-refractivity contribution is 5.79. The molecule has 0 bridgehead atoms. The predicted octanol–water partition coefficient (Wildman–Crippen LogP) is 2.70. The van der Waals surface area contributed by atoms with Crippen LogP contribution >= 0.6 is 0 Å². The van der Waals surface area contributed by atoms with Crippen LogP contribution in [0.15, 0.2) is 48.9 Å². The van der Waals surface area contributed by atoms with Gasteiger partial charge in [0.25, 0.3) is 0 Å². The van der Waals surface area contributed by atoms with Crippen LogP contribution in [0.2, 0.25) is 0 Å². The minimum atomic E-state index is 0.0923. The van der Waals surface area contributed by atoms with E-state index in [0.29, 0.717) is 31.4 Å². The predicted molar refractivity (Wildman–Crippen MR) is 122 cm³/mol. The van der Waals surface area contributed by atoms with Crippen LogP contribution in [0, 0.1) is 11.3 Å². The summed E-state index contributed by atoms with van der Waals surface area (Å²) in [5.41, 5.74) is 4.33. The number of ether oxygens (including phenoxy) is 2. The molecule has 0 spiro atoms. The SMILES string of the molecule is COCc1ccc(-c2cnc(Nc3cnc(C#N)cn3)cc2NCC2CNCCO2)cc1. The number of benzene rings is 1. The van der Waals surface area contributed by atoms with Gasteiger partial charge in [0.05, 0.1) is 31.7 Å². The van der Waals surface area contributed by atoms with E-state index in [4.69, 9.17) is 14.7 Å². The Morgan fingerprint density at radius 3 is 2.69 bits per heavy atom. The van der Waals surface area contributed by atoms with Gasteiger partial charge in [0.15, 0.2) is 5.69 Å². The molecule has 3 aromatic rings. The van der Waals surface area contributed by atoms with Crippen molar-refractivity contribution in [3.05, 3.63) is 60.2 Å². The number of rotatable bonds is 8. The van der Waals surface area contributed by atoms with Gasteiger partial charge in [-0.25, -0.2) is 15.0 Å². The Balaban J connectivity index is 1.57. The first kappa shape index (κ1) is 21.6. The fourth-order valence-corrected chi connectivity index (χ4v) is 3.40. The quantitative estimate of drug-likeness (QED) is 0.495. The van der Waals surface area contributed by atoms with Gasteiger partial charge >= 0.3 is 0 Å². The van der Waals surface area contributed by atoms with Gasteiger partial charge in [0.1, 0.15) is 17.7 Å². The molecule has 2 aromatic heterocycles. The van der Waals surface area contributed by atoms with Crippen molar-refractivity contribution in [1.29, 1.82) is 5.26 Å². The number of anilines is 3. The van der Waals surface area contributed by atoms with Crippen molar-refractivity contribution >= 4 is 17.3 Å². The van der Waals surface area contributed by atoms with E-state index >= 15 is 0 Å². The van der Waals surface area contributed by atoms with E-state index in [-0.39, 0.29) is 11.8 Å². The van der Waals surface area contributed by atoms with Gasteiger partial charge in [0.2, 0.25) is 0 Å². The average Bonchev–Trinajstić information content (AvgIpc) is 2.85. The summed E-state index contributed by atoms with van der Waals surface area (Å²) in [6, 6.07) is 12.1. The van der Waals surface area contributed by atoms with Crippen LogP contribution < -0.4 is 16.0 Å². The lowest BCUT2D eigenvalue weighted by Crippen LogP contribution is -2.42. The molecule has 1 aliphatic rings. The summed E-state index contributed by atoms with van der Waals surface area (Å²) in [4.78, 5) is 12.8. The Kier molecular flexibility index (Phi) is 7.19. The van der Waals surface area contributed by atoms with Gasteiger partial charge in [-0.05, 0) is 11.1 Å². The maximum Gasteiger partial charge on any atom is 0.158 e. The maximum absolute atomic E-state index is 8.89. The highest BCUT2D eigenvalue weighted by atomic mass is 16.5. The molecular formula is C23H25N7O2. The van der Waals surface area contributed by atoms with Crippen LogP contribution in [-0.4, -0.2) is 54.4 Å². The van der Waals surface area contributed by atoms with E-state index in [2.05, 4.69) is 55.2 Å². The van der Waals surface area contributed by atoms with Crippen molar-refractivity contribution in [2.75, 3.05) is 44.0 Å². The van der Waals surface area contributed by atoms with Gasteiger partial charge in [0, 0.05) is 50.3 Å². The zero-order valence-corrected chi connectivity index (χ0v) is 17.8. The molecule has 1 aromatic carbocycles. The van der Waals surface area contributed by atoms with Crippen LogP contribution in [0.5, 0.6) is 0 Å². The standard InChI is InChI=1S/C23H25N7O2/c1-31-15-16-2-4-17(5-3-16)20-13-29-22(30-23-14-26-18(9-24)10-28-23)8-21(20)27-12-19-11-25-6-7-32-19/h2-5,8,10,13-14,19,25H,6-7,11-12,15H2,1H3,(H2,27,28,29,30). The van der Waals surface area contributed by atoms with Gasteiger partial charge in [-0.2, -0.15) is 5.26 Å². The first-order valence-corrected chi connectivity index (χ1v) is 10.4. The van der Waals surface area contributed by atoms with Crippen molar-refractivity contribution in [1.82, 2.24) is 20.3 Å². The minimum absolute atomic E-state index is 0.0923. The van der Waals surface area contributed by atoms with Gasteiger partial charge in [-0.15, -0.1) is 0 Å². The topological polar surface area (TPSA) is 117 Å². The maximum atomic E-state index is 8.89. The summed E-state index contributed by atoms with van der Waals surface area (Å²) in [5.74, 6) is 1.13. The molecule has 1 atom stereocenters. The van der Waals surface area contributed by atoms with Crippen molar-refractivity contribution in [2.24, 2.45) is 0 Å². The molecule has 0 radical (unpaired) electrons. The monoisotopic (exact) mass is 431 g/mol. The number of morpholine rings is 1. The zero-order valence-electron chi connectivity index (χ0n) is 17.8. The molecule has 3 heterocycles. The molecule has 9 heteroatoms. The third kappa shape index (κ3) is 5.56. The molecule has 164 valence electrons. The third-order valence-electron chi connectivity index (χ3n) is 5.03. The molecule has 0 amide bonds. The largest absolute Gasteiger partial charge is 0.382 e. The number of nitrogens with zero attached hydrogens (tertiary/aromatic N) is 4. The molecule has 3 N–H and O–H groups in total.